The van der Waals surface area contributed by atoms with Gasteiger partial charge in [-0.3, -0.25) is 18.9 Å². The molecule has 1 amide bonds. The van der Waals surface area contributed by atoms with Gasteiger partial charge in [0.05, 0.1) is 19.0 Å². The molecule has 0 radical (unpaired) electrons. The number of nitrogens with two attached hydrogens (primary N) is 1. The molecule has 2 aromatic heterocycles. The molecule has 17 nitrogen and oxygen atoms in total. The van der Waals surface area contributed by atoms with Crippen LogP contribution in [0.4, 0.5) is 10.7 Å². The van der Waals surface area contributed by atoms with E-state index in [0.717, 1.165) is 0 Å². The first-order chi connectivity index (χ1) is 15.2. The Balaban J connectivity index is 1.77. The minimum Gasteiger partial charge on any atom is -0.441 e. The summed E-state index contributed by atoms with van der Waals surface area (Å²) >= 11 is 0. The van der Waals surface area contributed by atoms with Crippen LogP contribution in [0.15, 0.2) is 16.2 Å². The third-order valence-electron chi connectivity index (χ3n) is 4.32. The normalized spacial score (nSPS) is 20.8. The van der Waals surface area contributed by atoms with Gasteiger partial charge in [0.15, 0.2) is 23.5 Å². The number of hydrogen-bond acceptors (Lipinski definition) is 10. The molecule has 3 heterocycles. The fraction of sp³-hybridized carbons (Fsp3) is 0.571. The Kier molecular flexibility index (Phi) is 7.29. The SMILES string of the molecule is [N-]=[N+]=NCCCNC(=O)O[C@@H]1C[C@@H](COP(=O)(O)O)O[C@H]1n1cnc2c(=O)[nH]c(N)nc21. The smallest absolute Gasteiger partial charge is 0.441 e. The Bertz CT molecular complexity index is 1120. The standard InChI is InChI=1S/C14H20N9O8P/c15-13-20-10-9(11(24)21-13)18-6-23(10)12-8(4-7(30-12)5-29-32(26,27)28)31-14(25)17-2-1-3-19-22-16/h6-8,12H,1-5H2,(H,17,25)(H2,26,27,28)(H3,15,20,21,24)/t7-,8+,12+/m0/s1. The van der Waals surface area contributed by atoms with Gasteiger partial charge in [0.2, 0.25) is 5.95 Å². The number of carbonyl (C=O) groups excluding carboxylic acids is 1. The van der Waals surface area contributed by atoms with Gasteiger partial charge in [-0.25, -0.2) is 14.3 Å². The number of nitrogens with one attached hydrogen (secondary N) is 2. The van der Waals surface area contributed by atoms with Crippen LogP contribution in [0.1, 0.15) is 19.1 Å². The van der Waals surface area contributed by atoms with Crippen LogP contribution in [0, 0.1) is 0 Å². The molecule has 6 N–H and O–H groups in total. The molecule has 18 heteroatoms. The van der Waals surface area contributed by atoms with Gasteiger partial charge in [-0.05, 0) is 12.0 Å². The zero-order valence-electron chi connectivity index (χ0n) is 16.4. The summed E-state index contributed by atoms with van der Waals surface area (Å²) in [6.07, 6.45) is -1.97. The Morgan fingerprint density at radius 2 is 2.34 bits per heavy atom. The molecule has 0 aliphatic carbocycles. The second-order valence-corrected chi connectivity index (χ2v) is 7.86. The zero-order chi connectivity index (χ0) is 23.3. The first-order valence-corrected chi connectivity index (χ1v) is 10.7. The minimum atomic E-state index is -4.75. The average molecular weight is 473 g/mol. The van der Waals surface area contributed by atoms with Gasteiger partial charge in [0.25, 0.3) is 5.56 Å². The van der Waals surface area contributed by atoms with E-state index in [1.807, 2.05) is 0 Å². The highest BCUT2D eigenvalue weighted by Gasteiger charge is 2.41. The number of carbonyl (C=O) groups is 1. The molecule has 0 aromatic carbocycles. The van der Waals surface area contributed by atoms with Gasteiger partial charge in [0, 0.05) is 24.4 Å². The van der Waals surface area contributed by atoms with Crippen molar-refractivity contribution in [2.24, 2.45) is 5.11 Å². The van der Waals surface area contributed by atoms with E-state index in [4.69, 9.17) is 30.5 Å². The second kappa shape index (κ2) is 9.95. The van der Waals surface area contributed by atoms with Crippen LogP contribution in [0.3, 0.4) is 0 Å². The zero-order valence-corrected chi connectivity index (χ0v) is 17.3. The lowest BCUT2D eigenvalue weighted by molar-refractivity contribution is -0.0512. The number of fused-ring (bicyclic) bond motifs is 1. The topological polar surface area (TPSA) is 253 Å². The van der Waals surface area contributed by atoms with Gasteiger partial charge in [-0.15, -0.1) is 0 Å². The highest BCUT2D eigenvalue weighted by molar-refractivity contribution is 7.46. The molecule has 1 saturated heterocycles. The molecular weight excluding hydrogens is 453 g/mol. The van der Waals surface area contributed by atoms with Gasteiger partial charge in [0.1, 0.15) is 0 Å². The lowest BCUT2D eigenvalue weighted by Gasteiger charge is -2.20. The number of anilines is 1. The third kappa shape index (κ3) is 5.94. The average Bonchev–Trinajstić information content (AvgIpc) is 3.29. The highest BCUT2D eigenvalue weighted by atomic mass is 31.2. The predicted octanol–water partition coefficient (Wildman–Crippen LogP) is -0.106. The fourth-order valence-corrected chi connectivity index (χ4v) is 3.41. The number of H-pyrrole nitrogens is 1. The predicted molar refractivity (Wildman–Crippen MR) is 106 cm³/mol. The largest absolute Gasteiger partial charge is 0.469 e. The van der Waals surface area contributed by atoms with Crippen LogP contribution in [0.25, 0.3) is 21.6 Å². The van der Waals surface area contributed by atoms with Gasteiger partial charge < -0.3 is 30.3 Å². The van der Waals surface area contributed by atoms with Crippen molar-refractivity contribution in [1.82, 2.24) is 24.8 Å². The van der Waals surface area contributed by atoms with Crippen molar-refractivity contribution in [1.29, 1.82) is 0 Å². The third-order valence-corrected chi connectivity index (χ3v) is 4.81. The molecule has 1 fully saturated rings. The number of hydrogen-bond donors (Lipinski definition) is 5. The maximum absolute atomic E-state index is 12.2. The number of azide groups is 1. The van der Waals surface area contributed by atoms with E-state index in [9.17, 15) is 14.2 Å². The maximum Gasteiger partial charge on any atom is 0.469 e. The lowest BCUT2D eigenvalue weighted by Crippen LogP contribution is -2.32. The molecule has 1 aliphatic heterocycles. The number of aromatic nitrogens is 4. The molecule has 1 aliphatic rings. The molecule has 0 spiro atoms. The quantitative estimate of drug-likeness (QED) is 0.106. The summed E-state index contributed by atoms with van der Waals surface area (Å²) in [5.41, 5.74) is 13.3. The van der Waals surface area contributed by atoms with Crippen molar-refractivity contribution >= 4 is 31.0 Å². The van der Waals surface area contributed by atoms with Crippen molar-refractivity contribution in [3.8, 4) is 0 Å². The number of alkyl carbamates (subject to hydrolysis) is 1. The summed E-state index contributed by atoms with van der Waals surface area (Å²) in [7, 11) is -4.75. The summed E-state index contributed by atoms with van der Waals surface area (Å²) in [5, 5.41) is 5.84. The van der Waals surface area contributed by atoms with Crippen LogP contribution in [-0.2, 0) is 18.6 Å². The Morgan fingerprint density at radius 3 is 3.06 bits per heavy atom. The number of nitrogens with zero attached hydrogens (tertiary/aromatic N) is 6. The number of ether oxygens (including phenoxy) is 2. The summed E-state index contributed by atoms with van der Waals surface area (Å²) in [5.74, 6) is -0.168. The Hall–Kier alpha value is -3.20. The fourth-order valence-electron chi connectivity index (χ4n) is 3.05. The van der Waals surface area contributed by atoms with E-state index in [2.05, 4.69) is 34.8 Å². The molecular formula is C14H20N9O8P. The number of amides is 1. The van der Waals surface area contributed by atoms with Crippen molar-refractivity contribution in [2.75, 3.05) is 25.4 Å². The van der Waals surface area contributed by atoms with Crippen molar-refractivity contribution in [3.05, 3.63) is 27.1 Å². The molecule has 3 rings (SSSR count). The number of rotatable bonds is 9. The monoisotopic (exact) mass is 473 g/mol. The van der Waals surface area contributed by atoms with Crippen molar-refractivity contribution in [2.45, 2.75) is 31.3 Å². The van der Waals surface area contributed by atoms with Crippen LogP contribution in [-0.4, -0.2) is 67.3 Å². The van der Waals surface area contributed by atoms with Gasteiger partial charge >= 0.3 is 13.9 Å². The number of nitrogen functional groups attached to an aromatic ring is 1. The molecule has 0 unspecified atom stereocenters. The van der Waals surface area contributed by atoms with Crippen LogP contribution in [0.2, 0.25) is 0 Å². The second-order valence-electron chi connectivity index (χ2n) is 6.62. The van der Waals surface area contributed by atoms with Crippen molar-refractivity contribution < 1.29 is 33.1 Å². The summed E-state index contributed by atoms with van der Waals surface area (Å²) in [6.45, 7) is -0.101. The van der Waals surface area contributed by atoms with E-state index in [1.54, 1.807) is 0 Å². The Morgan fingerprint density at radius 1 is 1.56 bits per heavy atom. The summed E-state index contributed by atoms with van der Waals surface area (Å²) in [6, 6.07) is 0. The van der Waals surface area contributed by atoms with E-state index >= 15 is 0 Å². The van der Waals surface area contributed by atoms with E-state index in [1.165, 1.54) is 10.9 Å². The van der Waals surface area contributed by atoms with Crippen LogP contribution >= 0.6 is 7.82 Å². The summed E-state index contributed by atoms with van der Waals surface area (Å²) in [4.78, 5) is 55.0. The number of phosphoric acid groups is 1. The molecule has 3 atom stereocenters. The highest BCUT2D eigenvalue weighted by Crippen LogP contribution is 2.39. The number of phosphoric ester groups is 1. The lowest BCUT2D eigenvalue weighted by atomic mass is 10.2. The molecule has 174 valence electrons. The van der Waals surface area contributed by atoms with E-state index in [0.29, 0.717) is 6.42 Å². The first-order valence-electron chi connectivity index (χ1n) is 9.21. The van der Waals surface area contributed by atoms with E-state index < -0.39 is 44.5 Å². The van der Waals surface area contributed by atoms with Crippen LogP contribution in [0.5, 0.6) is 0 Å². The van der Waals surface area contributed by atoms with Gasteiger partial charge in [-0.2, -0.15) is 4.98 Å². The number of imidazole rings is 1. The summed E-state index contributed by atoms with van der Waals surface area (Å²) < 4.78 is 28.0. The number of aromatic amines is 1. The van der Waals surface area contributed by atoms with Gasteiger partial charge in [-0.1, -0.05) is 5.11 Å². The molecule has 2 aromatic rings. The van der Waals surface area contributed by atoms with Crippen molar-refractivity contribution in [3.63, 3.8) is 0 Å². The van der Waals surface area contributed by atoms with Crippen LogP contribution < -0.4 is 16.6 Å². The minimum absolute atomic E-state index is 0.0230. The first kappa shape index (κ1) is 23.5. The maximum atomic E-state index is 12.2. The van der Waals surface area contributed by atoms with E-state index in [-0.39, 0.29) is 36.6 Å². The molecule has 32 heavy (non-hydrogen) atoms. The molecule has 0 saturated carbocycles. The molecule has 0 bridgehead atoms. The Labute approximate surface area is 178 Å².